The first-order chi connectivity index (χ1) is 14.2. The summed E-state index contributed by atoms with van der Waals surface area (Å²) in [6.45, 7) is 4.59. The number of hydrogen-bond acceptors (Lipinski definition) is 5. The fourth-order valence-electron chi connectivity index (χ4n) is 4.42. The number of amides is 2. The highest BCUT2D eigenvalue weighted by molar-refractivity contribution is 5.88. The van der Waals surface area contributed by atoms with Gasteiger partial charge in [-0.1, -0.05) is 5.16 Å². The van der Waals surface area contributed by atoms with Crippen molar-refractivity contribution >= 4 is 22.9 Å². The molecule has 0 spiro atoms. The summed E-state index contributed by atoms with van der Waals surface area (Å²) in [6.07, 6.45) is -2.32. The Morgan fingerprint density at radius 2 is 1.97 bits per heavy atom. The van der Waals surface area contributed by atoms with E-state index in [1.807, 2.05) is 0 Å². The quantitative estimate of drug-likeness (QED) is 0.756. The van der Waals surface area contributed by atoms with Crippen LogP contribution in [-0.2, 0) is 15.8 Å². The van der Waals surface area contributed by atoms with Gasteiger partial charge < -0.3 is 14.3 Å². The number of piperidine rings is 1. The number of fused-ring (bicyclic) bond motifs is 1. The van der Waals surface area contributed by atoms with Gasteiger partial charge in [0.05, 0.1) is 16.6 Å². The van der Waals surface area contributed by atoms with E-state index < -0.39 is 17.8 Å². The summed E-state index contributed by atoms with van der Waals surface area (Å²) < 4.78 is 45.7. The van der Waals surface area contributed by atoms with Gasteiger partial charge in [-0.25, -0.2) is 4.98 Å². The number of carbonyl (C=O) groups excluding carboxylic acids is 2. The molecule has 4 heterocycles. The average molecular weight is 424 g/mol. The lowest BCUT2D eigenvalue weighted by molar-refractivity contribution is -0.143. The highest BCUT2D eigenvalue weighted by Gasteiger charge is 2.38. The van der Waals surface area contributed by atoms with E-state index in [1.165, 1.54) is 6.92 Å². The zero-order valence-corrected chi connectivity index (χ0v) is 16.8. The molecule has 0 bridgehead atoms. The molecule has 2 aromatic rings. The molecule has 0 aromatic carbocycles. The molecule has 2 fully saturated rings. The number of aryl methyl sites for hydroxylation is 1. The van der Waals surface area contributed by atoms with Crippen LogP contribution in [0, 0.1) is 6.92 Å². The second kappa shape index (κ2) is 7.55. The molecular formula is C20H23F3N4O3. The minimum absolute atomic E-state index is 0.00901. The topological polar surface area (TPSA) is 79.5 Å². The van der Waals surface area contributed by atoms with Gasteiger partial charge in [0.25, 0.3) is 5.71 Å². The highest BCUT2D eigenvalue weighted by atomic mass is 19.4. The Morgan fingerprint density at radius 3 is 2.57 bits per heavy atom. The van der Waals surface area contributed by atoms with Crippen molar-refractivity contribution < 1.29 is 27.3 Å². The molecule has 0 aliphatic carbocycles. The Bertz CT molecular complexity index is 980. The molecule has 2 amide bonds. The lowest BCUT2D eigenvalue weighted by Crippen LogP contribution is -2.49. The zero-order valence-electron chi connectivity index (χ0n) is 16.8. The molecule has 7 nitrogen and oxygen atoms in total. The van der Waals surface area contributed by atoms with E-state index in [4.69, 9.17) is 4.52 Å². The number of nitrogens with zero attached hydrogens (tertiary/aromatic N) is 4. The van der Waals surface area contributed by atoms with E-state index >= 15 is 0 Å². The van der Waals surface area contributed by atoms with E-state index in [1.54, 1.807) is 16.7 Å². The van der Waals surface area contributed by atoms with Crippen LogP contribution in [0.1, 0.15) is 55.5 Å². The van der Waals surface area contributed by atoms with Gasteiger partial charge in [-0.15, -0.1) is 0 Å². The van der Waals surface area contributed by atoms with Gasteiger partial charge in [0, 0.05) is 37.7 Å². The van der Waals surface area contributed by atoms with E-state index in [2.05, 4.69) is 10.1 Å². The molecule has 2 aliphatic heterocycles. The third kappa shape index (κ3) is 3.63. The van der Waals surface area contributed by atoms with Crippen LogP contribution in [0.5, 0.6) is 0 Å². The number of carbonyl (C=O) groups is 2. The Hall–Kier alpha value is -2.65. The molecule has 4 rings (SSSR count). The van der Waals surface area contributed by atoms with E-state index in [9.17, 15) is 22.8 Å². The molecule has 0 N–H and O–H groups in total. The lowest BCUT2D eigenvalue weighted by Gasteiger charge is -2.35. The van der Waals surface area contributed by atoms with Gasteiger partial charge in [-0.3, -0.25) is 9.59 Å². The van der Waals surface area contributed by atoms with Crippen LogP contribution >= 0.6 is 0 Å². The van der Waals surface area contributed by atoms with Crippen molar-refractivity contribution in [2.75, 3.05) is 19.6 Å². The minimum Gasteiger partial charge on any atom is -0.341 e. The fourth-order valence-corrected chi connectivity index (χ4v) is 4.42. The summed E-state index contributed by atoms with van der Waals surface area (Å²) in [6, 6.07) is 0.570. The molecule has 2 saturated heterocycles. The number of rotatable bonds is 3. The summed E-state index contributed by atoms with van der Waals surface area (Å²) >= 11 is 0. The van der Waals surface area contributed by atoms with Crippen molar-refractivity contribution in [1.29, 1.82) is 0 Å². The fraction of sp³-hybridized carbons (Fsp3) is 0.600. The molecule has 30 heavy (non-hydrogen) atoms. The Balaban J connectivity index is 1.50. The molecule has 2 aromatic heterocycles. The van der Waals surface area contributed by atoms with Crippen LogP contribution in [0.15, 0.2) is 10.6 Å². The normalized spacial score (nSPS) is 19.7. The molecule has 2 aliphatic rings. The largest absolute Gasteiger partial charge is 0.417 e. The number of likely N-dealkylation sites (tertiary alicyclic amines) is 2. The molecule has 0 saturated carbocycles. The summed E-state index contributed by atoms with van der Waals surface area (Å²) in [7, 11) is 0. The van der Waals surface area contributed by atoms with Gasteiger partial charge in [0.1, 0.15) is 6.04 Å². The maximum absolute atomic E-state index is 13.6. The second-order valence-corrected chi connectivity index (χ2v) is 8.01. The first-order valence-electron chi connectivity index (χ1n) is 10.1. The Kier molecular flexibility index (Phi) is 5.19. The average Bonchev–Trinajstić information content (AvgIpc) is 3.31. The number of pyridine rings is 1. The third-order valence-electron chi connectivity index (χ3n) is 6.10. The van der Waals surface area contributed by atoms with E-state index in [0.29, 0.717) is 44.6 Å². The summed E-state index contributed by atoms with van der Waals surface area (Å²) in [5.41, 5.74) is -0.444. The van der Waals surface area contributed by atoms with Crippen LogP contribution in [0.4, 0.5) is 13.2 Å². The maximum Gasteiger partial charge on any atom is 0.417 e. The van der Waals surface area contributed by atoms with Crippen molar-refractivity contribution in [2.45, 2.75) is 57.7 Å². The van der Waals surface area contributed by atoms with Crippen LogP contribution in [0.3, 0.4) is 0 Å². The maximum atomic E-state index is 13.6. The number of aromatic nitrogens is 2. The third-order valence-corrected chi connectivity index (χ3v) is 6.10. The second-order valence-electron chi connectivity index (χ2n) is 8.01. The van der Waals surface area contributed by atoms with Gasteiger partial charge in [0.2, 0.25) is 11.8 Å². The smallest absolute Gasteiger partial charge is 0.341 e. The van der Waals surface area contributed by atoms with Crippen LogP contribution < -0.4 is 0 Å². The predicted octanol–water partition coefficient (Wildman–Crippen LogP) is 3.27. The summed E-state index contributed by atoms with van der Waals surface area (Å²) in [5.74, 6) is -0.340. The monoisotopic (exact) mass is 424 g/mol. The van der Waals surface area contributed by atoms with Crippen molar-refractivity contribution in [2.24, 2.45) is 0 Å². The molecule has 10 heteroatoms. The van der Waals surface area contributed by atoms with Crippen molar-refractivity contribution in [3.05, 3.63) is 23.0 Å². The highest BCUT2D eigenvalue weighted by Crippen LogP contribution is 2.39. The first kappa shape index (κ1) is 20.6. The minimum atomic E-state index is -4.54. The van der Waals surface area contributed by atoms with Crippen LogP contribution in [-0.4, -0.2) is 57.4 Å². The molecule has 0 radical (unpaired) electrons. The first-order valence-corrected chi connectivity index (χ1v) is 10.1. The van der Waals surface area contributed by atoms with Gasteiger partial charge in [-0.2, -0.15) is 13.2 Å². The molecule has 0 unspecified atom stereocenters. The van der Waals surface area contributed by atoms with Gasteiger partial charge in [0.15, 0.2) is 0 Å². The van der Waals surface area contributed by atoms with E-state index in [-0.39, 0.29) is 34.5 Å². The van der Waals surface area contributed by atoms with Crippen LogP contribution in [0.25, 0.3) is 11.1 Å². The molecule has 162 valence electrons. The number of hydrogen-bond donors (Lipinski definition) is 0. The summed E-state index contributed by atoms with van der Waals surface area (Å²) in [5, 5.41) is 3.52. The Labute approximate surface area is 171 Å². The standard InChI is InChI=1S/C20H23F3N4O3/c1-11-17-14(20(21,22)23)10-15(24-18(17)30-25-11)13-5-8-26(9-6-13)19(29)12(2)27-7-3-4-16(27)28/h10,12-13H,3-9H2,1-2H3/t12-/m1/s1. The zero-order chi connectivity index (χ0) is 21.6. The SMILES string of the molecule is Cc1noc2nc(C3CCN(C(=O)[C@@H](C)N4CCCC4=O)CC3)cc(C(F)(F)F)c12. The molecular weight excluding hydrogens is 401 g/mol. The van der Waals surface area contributed by atoms with E-state index in [0.717, 1.165) is 12.5 Å². The molecule has 1 atom stereocenters. The van der Waals surface area contributed by atoms with Gasteiger partial charge in [-0.05, 0) is 39.2 Å². The predicted molar refractivity (Wildman–Crippen MR) is 101 cm³/mol. The Morgan fingerprint density at radius 1 is 1.27 bits per heavy atom. The van der Waals surface area contributed by atoms with Crippen molar-refractivity contribution in [3.63, 3.8) is 0 Å². The van der Waals surface area contributed by atoms with Crippen molar-refractivity contribution in [1.82, 2.24) is 19.9 Å². The van der Waals surface area contributed by atoms with Crippen molar-refractivity contribution in [3.8, 4) is 0 Å². The number of halogens is 3. The summed E-state index contributed by atoms with van der Waals surface area (Å²) in [4.78, 5) is 32.3. The number of alkyl halides is 3. The lowest BCUT2D eigenvalue weighted by atomic mass is 9.91. The van der Waals surface area contributed by atoms with Gasteiger partial charge >= 0.3 is 6.18 Å². The van der Waals surface area contributed by atoms with Crippen LogP contribution in [0.2, 0.25) is 0 Å².